The van der Waals surface area contributed by atoms with E-state index in [9.17, 15) is 14.4 Å². The number of nitrogens with zero attached hydrogens (tertiary/aromatic N) is 1. The first kappa shape index (κ1) is 39.0. The Bertz CT molecular complexity index is 2110. The number of unbranched alkanes of at least 4 members (excludes halogenated alkanes) is 1. The molecule has 6 rings (SSSR count). The van der Waals surface area contributed by atoms with Crippen LogP contribution in [0, 0.1) is 11.8 Å². The van der Waals surface area contributed by atoms with Crippen molar-refractivity contribution in [1.82, 2.24) is 5.32 Å². The third kappa shape index (κ3) is 9.68. The maximum absolute atomic E-state index is 13.4. The second-order valence-corrected chi connectivity index (χ2v) is 19.1. The van der Waals surface area contributed by atoms with E-state index in [2.05, 4.69) is 86.5 Å². The van der Waals surface area contributed by atoms with Crippen LogP contribution in [0.2, 0.25) is 5.04 Å². The molecule has 1 aliphatic heterocycles. The molecule has 280 valence electrons. The highest BCUT2D eigenvalue weighted by molar-refractivity contribution is 6.99. The fourth-order valence-electron chi connectivity index (χ4n) is 7.08. The molecular weight excluding hydrogens is 701 g/mol. The molecule has 8 heteroatoms. The van der Waals surface area contributed by atoms with Crippen LogP contribution < -0.4 is 25.3 Å². The summed E-state index contributed by atoms with van der Waals surface area (Å²) in [6.45, 7) is 7.82. The van der Waals surface area contributed by atoms with Gasteiger partial charge in [0.15, 0.2) is 0 Å². The van der Waals surface area contributed by atoms with Gasteiger partial charge in [0, 0.05) is 36.9 Å². The third-order valence-electron chi connectivity index (χ3n) is 9.90. The minimum atomic E-state index is -2.68. The van der Waals surface area contributed by atoms with Gasteiger partial charge in [-0.05, 0) is 69.7 Å². The molecule has 0 spiro atoms. The average Bonchev–Trinajstić information content (AvgIpc) is 3.18. The number of nitrogens with one attached hydrogen (secondary N) is 1. The van der Waals surface area contributed by atoms with E-state index < -0.39 is 8.32 Å². The molecule has 1 N–H and O–H groups in total. The van der Waals surface area contributed by atoms with Gasteiger partial charge in [0.1, 0.15) is 5.75 Å². The first-order valence-corrected chi connectivity index (χ1v) is 20.9. The van der Waals surface area contributed by atoms with E-state index >= 15 is 0 Å². The Kier molecular flexibility index (Phi) is 12.8. The number of carbonyl (C=O) groups excluding carboxylic acids is 3. The largest absolute Gasteiger partial charge is 0.427 e. The summed E-state index contributed by atoms with van der Waals surface area (Å²) < 4.78 is 12.6. The highest BCUT2D eigenvalue weighted by Crippen LogP contribution is 2.37. The molecule has 0 bridgehead atoms. The van der Waals surface area contributed by atoms with E-state index in [0.717, 1.165) is 27.9 Å². The molecule has 0 radical (unpaired) electrons. The predicted octanol–water partition coefficient (Wildman–Crippen LogP) is 7.68. The number of esters is 1. The summed E-state index contributed by atoms with van der Waals surface area (Å²) in [6, 6.07) is 44.0. The second-order valence-electron chi connectivity index (χ2n) is 14.8. The fourth-order valence-corrected chi connectivity index (χ4v) is 11.6. The molecule has 0 unspecified atom stereocenters. The number of fused-ring (bicyclic) bond motifs is 2. The lowest BCUT2D eigenvalue weighted by Gasteiger charge is -2.43. The van der Waals surface area contributed by atoms with Crippen LogP contribution in [0.5, 0.6) is 5.75 Å². The van der Waals surface area contributed by atoms with Crippen molar-refractivity contribution in [2.45, 2.75) is 71.1 Å². The molecule has 55 heavy (non-hydrogen) atoms. The zero-order valence-corrected chi connectivity index (χ0v) is 32.8. The molecule has 2 amide bonds. The van der Waals surface area contributed by atoms with Crippen molar-refractivity contribution >= 4 is 42.2 Å². The first-order valence-electron chi connectivity index (χ1n) is 18.9. The quantitative estimate of drug-likeness (QED) is 0.0414. The van der Waals surface area contributed by atoms with Crippen LogP contribution >= 0.6 is 0 Å². The molecule has 1 aliphatic rings. The number of ether oxygens (including phenoxy) is 1. The van der Waals surface area contributed by atoms with Crippen molar-refractivity contribution in [1.29, 1.82) is 0 Å². The highest BCUT2D eigenvalue weighted by Gasteiger charge is 2.50. The van der Waals surface area contributed by atoms with Crippen molar-refractivity contribution in [3.05, 3.63) is 156 Å². The van der Waals surface area contributed by atoms with Gasteiger partial charge < -0.3 is 19.4 Å². The van der Waals surface area contributed by atoms with Gasteiger partial charge in [0.05, 0.1) is 18.8 Å². The Hall–Kier alpha value is -5.75. The number of hydrogen-bond acceptors (Lipinski definition) is 5. The summed E-state index contributed by atoms with van der Waals surface area (Å²) in [5.41, 5.74) is 4.43. The fraction of sp³-hybridized carbons (Fsp3) is 0.255. The molecule has 0 saturated carbocycles. The van der Waals surface area contributed by atoms with Gasteiger partial charge in [-0.1, -0.05) is 136 Å². The van der Waals surface area contributed by atoms with E-state index in [1.54, 1.807) is 17.0 Å². The smallest absolute Gasteiger partial charge is 0.311 e. The summed E-state index contributed by atoms with van der Waals surface area (Å²) in [6.07, 6.45) is 1.66. The number of hydrogen-bond donors (Lipinski definition) is 1. The maximum atomic E-state index is 13.4. The van der Waals surface area contributed by atoms with Crippen molar-refractivity contribution in [2.75, 3.05) is 11.4 Å². The van der Waals surface area contributed by atoms with E-state index in [1.165, 1.54) is 10.4 Å². The van der Waals surface area contributed by atoms with Gasteiger partial charge in [-0.25, -0.2) is 0 Å². The van der Waals surface area contributed by atoms with Crippen LogP contribution in [0.3, 0.4) is 0 Å². The van der Waals surface area contributed by atoms with E-state index in [1.807, 2.05) is 72.8 Å². The Morgan fingerprint density at radius 3 is 1.95 bits per heavy atom. The lowest BCUT2D eigenvalue weighted by molar-refractivity contribution is -0.134. The van der Waals surface area contributed by atoms with E-state index in [4.69, 9.17) is 9.16 Å². The van der Waals surface area contributed by atoms with Gasteiger partial charge in [-0.15, -0.1) is 0 Å². The number of para-hydroxylation sites is 1. The SMILES string of the molecule is CC(C)(C)[Si](OCc1ccc(OC(=O)CCCCC(=O)NCCC(=O)N2Cc3ccccc3C#Cc3ccccc32)cc1)(c1ccccc1)c1ccccc1. The van der Waals surface area contributed by atoms with Crippen LogP contribution in [-0.4, -0.2) is 32.6 Å². The summed E-state index contributed by atoms with van der Waals surface area (Å²) in [5, 5.41) is 5.18. The van der Waals surface area contributed by atoms with Crippen molar-refractivity contribution in [3.8, 4) is 17.6 Å². The summed E-state index contributed by atoms with van der Waals surface area (Å²) in [5.74, 6) is 6.32. The Labute approximate surface area is 325 Å². The zero-order valence-electron chi connectivity index (χ0n) is 31.8. The molecular formula is C47H48N2O5Si. The van der Waals surface area contributed by atoms with Crippen molar-refractivity contribution in [2.24, 2.45) is 0 Å². The summed E-state index contributed by atoms with van der Waals surface area (Å²) in [7, 11) is -2.68. The minimum Gasteiger partial charge on any atom is -0.427 e. The predicted molar refractivity (Wildman–Crippen MR) is 221 cm³/mol. The summed E-state index contributed by atoms with van der Waals surface area (Å²) in [4.78, 5) is 40.4. The van der Waals surface area contributed by atoms with Crippen LogP contribution in [0.1, 0.15) is 75.1 Å². The van der Waals surface area contributed by atoms with E-state index in [0.29, 0.717) is 31.7 Å². The van der Waals surface area contributed by atoms with Gasteiger partial charge >= 0.3 is 5.97 Å². The molecule has 0 aliphatic carbocycles. The van der Waals surface area contributed by atoms with Gasteiger partial charge in [0.25, 0.3) is 8.32 Å². The molecule has 5 aromatic carbocycles. The van der Waals surface area contributed by atoms with Crippen molar-refractivity contribution < 1.29 is 23.5 Å². The molecule has 1 heterocycles. The molecule has 0 atom stereocenters. The Morgan fingerprint density at radius 1 is 0.691 bits per heavy atom. The second kappa shape index (κ2) is 18.0. The number of anilines is 1. The number of amides is 2. The maximum Gasteiger partial charge on any atom is 0.311 e. The number of carbonyl (C=O) groups is 3. The Morgan fingerprint density at radius 2 is 1.27 bits per heavy atom. The molecule has 7 nitrogen and oxygen atoms in total. The van der Waals surface area contributed by atoms with Crippen LogP contribution in [0.15, 0.2) is 133 Å². The Balaban J connectivity index is 0.939. The molecule has 5 aromatic rings. The lowest BCUT2D eigenvalue weighted by Crippen LogP contribution is -2.66. The average molecular weight is 749 g/mol. The van der Waals surface area contributed by atoms with Crippen molar-refractivity contribution in [3.63, 3.8) is 0 Å². The normalized spacial score (nSPS) is 12.2. The highest BCUT2D eigenvalue weighted by atomic mass is 28.4. The minimum absolute atomic E-state index is 0.0891. The number of rotatable bonds is 14. The van der Waals surface area contributed by atoms with Gasteiger partial charge in [-0.2, -0.15) is 0 Å². The van der Waals surface area contributed by atoms with Gasteiger partial charge in [0.2, 0.25) is 11.8 Å². The van der Waals surface area contributed by atoms with Gasteiger partial charge in [-0.3, -0.25) is 14.4 Å². The van der Waals surface area contributed by atoms with Crippen LogP contribution in [0.25, 0.3) is 0 Å². The first-order chi connectivity index (χ1) is 26.6. The standard InChI is InChI=1S/C47H48N2O5Si/c1-47(2,3)55(41-19-6-4-7-20-41,42-21-8-5-9-22-42)53-35-36-26-30-40(31-27-36)54-46(52)25-15-14-24-44(50)48-33-32-45(51)49-34-39-18-11-10-16-37(39)28-29-38-17-12-13-23-43(38)49/h4-13,16-23,26-27,30-31H,14-15,24-25,32-35H2,1-3H3,(H,48,50). The lowest BCUT2D eigenvalue weighted by atomic mass is 10.0. The topological polar surface area (TPSA) is 84.9 Å². The van der Waals surface area contributed by atoms with E-state index in [-0.39, 0.29) is 48.6 Å². The zero-order chi connectivity index (χ0) is 38.7. The third-order valence-corrected chi connectivity index (χ3v) is 14.9. The molecule has 0 aromatic heterocycles. The van der Waals surface area contributed by atoms with Crippen LogP contribution in [-0.2, 0) is 32.0 Å². The monoisotopic (exact) mass is 748 g/mol. The molecule has 0 fully saturated rings. The molecule has 0 saturated heterocycles. The van der Waals surface area contributed by atoms with Crippen LogP contribution in [0.4, 0.5) is 5.69 Å². The summed E-state index contributed by atoms with van der Waals surface area (Å²) >= 11 is 0. The number of benzene rings is 5.